The van der Waals surface area contributed by atoms with Crippen LogP contribution in [0, 0.1) is 0 Å². The number of anilines is 1. The molecule has 0 saturated heterocycles. The van der Waals surface area contributed by atoms with Gasteiger partial charge in [0.25, 0.3) is 0 Å². The van der Waals surface area contributed by atoms with E-state index in [0.717, 1.165) is 12.0 Å². The summed E-state index contributed by atoms with van der Waals surface area (Å²) in [5.41, 5.74) is 1.80. The number of benzene rings is 1. The van der Waals surface area contributed by atoms with Crippen molar-refractivity contribution in [3.63, 3.8) is 0 Å². The van der Waals surface area contributed by atoms with E-state index in [2.05, 4.69) is 29.4 Å². The molecule has 2 rings (SSSR count). The molecule has 0 fully saturated rings. The van der Waals surface area contributed by atoms with E-state index in [-0.39, 0.29) is 12.1 Å². The Balaban J connectivity index is 2.09. The predicted molar refractivity (Wildman–Crippen MR) is 79.3 cm³/mol. The van der Waals surface area contributed by atoms with Crippen molar-refractivity contribution in [2.45, 2.75) is 32.9 Å². The lowest BCUT2D eigenvalue weighted by Crippen LogP contribution is -2.40. The molecule has 0 aliphatic carbocycles. The standard InChI is InChI=1S/C15H20N4O/c1-3-12(2)19(11-13-7-5-4-6-8-13)15(20)18-14-9-16-17-10-14/h4-10,12H,3,11H2,1-2H3,(H,16,17)(H,18,20)/t12-/m0/s1. The summed E-state index contributed by atoms with van der Waals surface area (Å²) in [5, 5.41) is 9.36. The molecule has 0 saturated carbocycles. The Hall–Kier alpha value is -2.30. The van der Waals surface area contributed by atoms with Crippen molar-refractivity contribution in [2.75, 3.05) is 5.32 Å². The molecule has 20 heavy (non-hydrogen) atoms. The lowest BCUT2D eigenvalue weighted by molar-refractivity contribution is 0.187. The van der Waals surface area contributed by atoms with Crippen molar-refractivity contribution in [3.05, 3.63) is 48.3 Å². The van der Waals surface area contributed by atoms with Gasteiger partial charge in [0.2, 0.25) is 0 Å². The minimum absolute atomic E-state index is 0.107. The third-order valence-electron chi connectivity index (χ3n) is 3.33. The summed E-state index contributed by atoms with van der Waals surface area (Å²) in [5.74, 6) is 0. The molecule has 1 atom stereocenters. The Morgan fingerprint density at radius 3 is 2.75 bits per heavy atom. The van der Waals surface area contributed by atoms with Gasteiger partial charge in [-0.25, -0.2) is 4.79 Å². The molecule has 1 aromatic heterocycles. The van der Waals surface area contributed by atoms with Crippen LogP contribution in [0.3, 0.4) is 0 Å². The Bertz CT molecular complexity index is 524. The van der Waals surface area contributed by atoms with Gasteiger partial charge in [-0.05, 0) is 18.9 Å². The summed E-state index contributed by atoms with van der Waals surface area (Å²) in [6.45, 7) is 4.73. The maximum absolute atomic E-state index is 12.4. The summed E-state index contributed by atoms with van der Waals surface area (Å²) in [4.78, 5) is 14.2. The van der Waals surface area contributed by atoms with Gasteiger partial charge in [0.1, 0.15) is 0 Å². The SMILES string of the molecule is CC[C@H](C)N(Cc1ccccc1)C(=O)Nc1cn[nH]c1. The summed E-state index contributed by atoms with van der Waals surface area (Å²) in [7, 11) is 0. The fourth-order valence-electron chi connectivity index (χ4n) is 1.94. The van der Waals surface area contributed by atoms with Gasteiger partial charge in [0.15, 0.2) is 0 Å². The molecular weight excluding hydrogens is 252 g/mol. The fourth-order valence-corrected chi connectivity index (χ4v) is 1.94. The topological polar surface area (TPSA) is 61.0 Å². The first-order chi connectivity index (χ1) is 9.70. The predicted octanol–water partition coefficient (Wildman–Crippen LogP) is 3.24. The van der Waals surface area contributed by atoms with E-state index >= 15 is 0 Å². The molecule has 1 aromatic carbocycles. The molecule has 1 heterocycles. The molecule has 2 amide bonds. The number of nitrogens with zero attached hydrogens (tertiary/aromatic N) is 2. The van der Waals surface area contributed by atoms with E-state index in [1.807, 2.05) is 35.2 Å². The molecule has 2 aromatic rings. The van der Waals surface area contributed by atoms with Crippen molar-refractivity contribution in [1.29, 1.82) is 0 Å². The third-order valence-corrected chi connectivity index (χ3v) is 3.33. The molecule has 0 aliphatic heterocycles. The highest BCUT2D eigenvalue weighted by Gasteiger charge is 2.19. The normalized spacial score (nSPS) is 11.9. The summed E-state index contributed by atoms with van der Waals surface area (Å²) in [6.07, 6.45) is 4.16. The Kier molecular flexibility index (Phi) is 4.76. The van der Waals surface area contributed by atoms with E-state index in [9.17, 15) is 4.79 Å². The van der Waals surface area contributed by atoms with Crippen LogP contribution in [0.25, 0.3) is 0 Å². The van der Waals surface area contributed by atoms with Crippen LogP contribution in [-0.4, -0.2) is 27.2 Å². The zero-order valence-corrected chi connectivity index (χ0v) is 11.8. The lowest BCUT2D eigenvalue weighted by Gasteiger charge is -2.28. The highest BCUT2D eigenvalue weighted by atomic mass is 16.2. The molecule has 5 heteroatoms. The largest absolute Gasteiger partial charge is 0.322 e. The van der Waals surface area contributed by atoms with E-state index in [0.29, 0.717) is 12.2 Å². The molecule has 2 N–H and O–H groups in total. The number of carbonyl (C=O) groups is 1. The number of urea groups is 1. The quantitative estimate of drug-likeness (QED) is 0.877. The average molecular weight is 272 g/mol. The third kappa shape index (κ3) is 3.60. The number of amides is 2. The number of hydrogen-bond acceptors (Lipinski definition) is 2. The van der Waals surface area contributed by atoms with Crippen LogP contribution in [0.15, 0.2) is 42.7 Å². The van der Waals surface area contributed by atoms with Crippen molar-refractivity contribution in [2.24, 2.45) is 0 Å². The summed E-state index contributed by atoms with van der Waals surface area (Å²) in [6, 6.07) is 10.1. The second-order valence-corrected chi connectivity index (χ2v) is 4.79. The molecule has 0 unspecified atom stereocenters. The van der Waals surface area contributed by atoms with Crippen LogP contribution in [0.4, 0.5) is 10.5 Å². The van der Waals surface area contributed by atoms with Gasteiger partial charge in [-0.1, -0.05) is 37.3 Å². The Morgan fingerprint density at radius 2 is 2.15 bits per heavy atom. The number of aromatic amines is 1. The van der Waals surface area contributed by atoms with E-state index in [1.54, 1.807) is 12.4 Å². The number of hydrogen-bond donors (Lipinski definition) is 2. The lowest BCUT2D eigenvalue weighted by atomic mass is 10.1. The molecule has 5 nitrogen and oxygen atoms in total. The molecule has 0 radical (unpaired) electrons. The Labute approximate surface area is 119 Å². The van der Waals surface area contributed by atoms with Crippen molar-refractivity contribution < 1.29 is 4.79 Å². The summed E-state index contributed by atoms with van der Waals surface area (Å²) < 4.78 is 0. The minimum atomic E-state index is -0.107. The van der Waals surface area contributed by atoms with Gasteiger partial charge in [-0.15, -0.1) is 0 Å². The van der Waals surface area contributed by atoms with E-state index in [4.69, 9.17) is 0 Å². The van der Waals surface area contributed by atoms with Crippen LogP contribution in [0.2, 0.25) is 0 Å². The minimum Gasteiger partial charge on any atom is -0.318 e. The first kappa shape index (κ1) is 14.1. The van der Waals surface area contributed by atoms with Gasteiger partial charge in [-0.3, -0.25) is 5.10 Å². The van der Waals surface area contributed by atoms with Crippen LogP contribution in [-0.2, 0) is 6.54 Å². The second-order valence-electron chi connectivity index (χ2n) is 4.79. The Morgan fingerprint density at radius 1 is 1.40 bits per heavy atom. The zero-order valence-electron chi connectivity index (χ0n) is 11.8. The number of aromatic nitrogens is 2. The van der Waals surface area contributed by atoms with Crippen LogP contribution in [0.5, 0.6) is 0 Å². The fraction of sp³-hybridized carbons (Fsp3) is 0.333. The van der Waals surface area contributed by atoms with Gasteiger partial charge in [0, 0.05) is 18.8 Å². The molecular formula is C15H20N4O. The van der Waals surface area contributed by atoms with Crippen LogP contribution >= 0.6 is 0 Å². The van der Waals surface area contributed by atoms with Gasteiger partial charge < -0.3 is 10.2 Å². The smallest absolute Gasteiger partial charge is 0.318 e. The summed E-state index contributed by atoms with van der Waals surface area (Å²) >= 11 is 0. The van der Waals surface area contributed by atoms with Gasteiger partial charge in [0.05, 0.1) is 11.9 Å². The molecule has 106 valence electrons. The monoisotopic (exact) mass is 272 g/mol. The van der Waals surface area contributed by atoms with Gasteiger partial charge in [-0.2, -0.15) is 5.10 Å². The zero-order chi connectivity index (χ0) is 14.4. The van der Waals surface area contributed by atoms with Crippen molar-refractivity contribution >= 4 is 11.7 Å². The highest BCUT2D eigenvalue weighted by Crippen LogP contribution is 2.13. The van der Waals surface area contributed by atoms with Crippen LogP contribution < -0.4 is 5.32 Å². The molecule has 0 bridgehead atoms. The van der Waals surface area contributed by atoms with Crippen molar-refractivity contribution in [1.82, 2.24) is 15.1 Å². The number of nitrogens with one attached hydrogen (secondary N) is 2. The maximum atomic E-state index is 12.4. The maximum Gasteiger partial charge on any atom is 0.322 e. The average Bonchev–Trinajstić information content (AvgIpc) is 2.98. The first-order valence-corrected chi connectivity index (χ1v) is 6.81. The number of rotatable bonds is 5. The highest BCUT2D eigenvalue weighted by molar-refractivity contribution is 5.89. The second kappa shape index (κ2) is 6.75. The number of carbonyl (C=O) groups excluding carboxylic acids is 1. The van der Waals surface area contributed by atoms with E-state index in [1.165, 1.54) is 0 Å². The molecule has 0 spiro atoms. The van der Waals surface area contributed by atoms with Crippen molar-refractivity contribution in [3.8, 4) is 0 Å². The van der Waals surface area contributed by atoms with Crippen LogP contribution in [0.1, 0.15) is 25.8 Å². The first-order valence-electron chi connectivity index (χ1n) is 6.81. The molecule has 0 aliphatic rings. The number of H-pyrrole nitrogens is 1. The van der Waals surface area contributed by atoms with Gasteiger partial charge >= 0.3 is 6.03 Å². The van der Waals surface area contributed by atoms with E-state index < -0.39 is 0 Å².